The molecular weight excluding hydrogens is 276 g/mol. The molecule has 1 aromatic carbocycles. The van der Waals surface area contributed by atoms with Crippen LogP contribution in [0.15, 0.2) is 30.3 Å². The van der Waals surface area contributed by atoms with Crippen molar-refractivity contribution in [1.82, 2.24) is 4.90 Å². The molecule has 2 nitrogen and oxygen atoms in total. The molecule has 21 heavy (non-hydrogen) atoms. The van der Waals surface area contributed by atoms with E-state index in [1.165, 1.54) is 5.56 Å². The average Bonchev–Trinajstić information content (AvgIpc) is 2.49. The summed E-state index contributed by atoms with van der Waals surface area (Å²) in [6, 6.07) is 13.5. The maximum absolute atomic E-state index is 7.62. The minimum Gasteiger partial charge on any atom is -0.299 e. The minimum atomic E-state index is 0.625. The molecule has 3 heteroatoms. The highest BCUT2D eigenvalue weighted by atomic mass is 32.1. The summed E-state index contributed by atoms with van der Waals surface area (Å²) in [5, 5.41) is 7.62. The first-order valence-corrected chi connectivity index (χ1v) is 8.35. The third kappa shape index (κ3) is 13.7. The van der Waals surface area contributed by atoms with Gasteiger partial charge in [-0.25, -0.2) is 0 Å². The predicted octanol–water partition coefficient (Wildman–Crippen LogP) is 5.16. The van der Waals surface area contributed by atoms with Crippen LogP contribution in [0.4, 0.5) is 0 Å². The van der Waals surface area contributed by atoms with Gasteiger partial charge in [0.1, 0.15) is 0 Å². The van der Waals surface area contributed by atoms with Crippen molar-refractivity contribution in [3.63, 3.8) is 0 Å². The maximum atomic E-state index is 7.62. The molecule has 0 saturated carbocycles. The van der Waals surface area contributed by atoms with Crippen molar-refractivity contribution in [2.45, 2.75) is 65.8 Å². The van der Waals surface area contributed by atoms with Crippen LogP contribution in [0, 0.1) is 11.3 Å². The summed E-state index contributed by atoms with van der Waals surface area (Å²) in [5.74, 6) is 0.834. The zero-order chi connectivity index (χ0) is 16.7. The Kier molecular flexibility index (Phi) is 16.4. The van der Waals surface area contributed by atoms with E-state index in [9.17, 15) is 0 Å². The highest BCUT2D eigenvalue weighted by Gasteiger charge is 2.08. The number of hydrogen-bond acceptors (Lipinski definition) is 3. The predicted molar refractivity (Wildman–Crippen MR) is 97.7 cm³/mol. The van der Waals surface area contributed by atoms with E-state index in [0.29, 0.717) is 18.5 Å². The summed E-state index contributed by atoms with van der Waals surface area (Å²) in [5.41, 5.74) is 1.27. The van der Waals surface area contributed by atoms with Crippen LogP contribution >= 0.6 is 12.6 Å². The Morgan fingerprint density at radius 2 is 1.48 bits per heavy atom. The Balaban J connectivity index is 0. The van der Waals surface area contributed by atoms with Crippen LogP contribution < -0.4 is 0 Å². The lowest BCUT2D eigenvalue weighted by atomic mass is 10.2. The topological polar surface area (TPSA) is 27.0 Å². The third-order valence-electron chi connectivity index (χ3n) is 2.88. The van der Waals surface area contributed by atoms with Gasteiger partial charge in [0.05, 0.1) is 6.07 Å². The van der Waals surface area contributed by atoms with Crippen molar-refractivity contribution < 1.29 is 0 Å². The van der Waals surface area contributed by atoms with Crippen LogP contribution in [0.25, 0.3) is 0 Å². The first-order chi connectivity index (χ1) is 9.94. The Hall–Kier alpha value is -0.980. The minimum absolute atomic E-state index is 0.625. The van der Waals surface area contributed by atoms with Crippen LogP contribution in [-0.4, -0.2) is 23.5 Å². The van der Waals surface area contributed by atoms with E-state index in [2.05, 4.69) is 64.3 Å². The van der Waals surface area contributed by atoms with Crippen LogP contribution in [0.5, 0.6) is 0 Å². The standard InChI is InChI=1S/C8H19N.C7H8S.C3H5N/c1-6-9(7(2)3)8(4)5;8-6-7-4-2-1-3-5-7;1-2-3-4/h7-8H,6H2,1-5H3;1-5,8H,6H2;2H2,1H3. The van der Waals surface area contributed by atoms with Crippen molar-refractivity contribution in [3.8, 4) is 6.07 Å². The second-order valence-corrected chi connectivity index (χ2v) is 5.49. The summed E-state index contributed by atoms with van der Waals surface area (Å²) in [7, 11) is 0. The number of nitrogens with zero attached hydrogens (tertiary/aromatic N) is 2. The van der Waals surface area contributed by atoms with Crippen molar-refractivity contribution in [3.05, 3.63) is 35.9 Å². The van der Waals surface area contributed by atoms with Gasteiger partial charge >= 0.3 is 0 Å². The lowest BCUT2D eigenvalue weighted by Crippen LogP contribution is -2.36. The molecule has 0 fully saturated rings. The molecule has 0 radical (unpaired) electrons. The SMILES string of the molecule is CCC#N.CCN(C(C)C)C(C)C.SCc1ccccc1. The molecular formula is C18H32N2S. The van der Waals surface area contributed by atoms with E-state index in [1.54, 1.807) is 0 Å². The van der Waals surface area contributed by atoms with Crippen LogP contribution in [0.2, 0.25) is 0 Å². The van der Waals surface area contributed by atoms with Gasteiger partial charge in [0.15, 0.2) is 0 Å². The van der Waals surface area contributed by atoms with Crippen molar-refractivity contribution in [2.24, 2.45) is 0 Å². The molecule has 0 aromatic heterocycles. The molecule has 1 aromatic rings. The maximum Gasteiger partial charge on any atom is 0.0618 e. The zero-order valence-electron chi connectivity index (χ0n) is 14.5. The van der Waals surface area contributed by atoms with Gasteiger partial charge in [0.25, 0.3) is 0 Å². The number of thiol groups is 1. The summed E-state index contributed by atoms with van der Waals surface area (Å²) in [6.07, 6.45) is 0.625. The van der Waals surface area contributed by atoms with Crippen molar-refractivity contribution in [1.29, 1.82) is 5.26 Å². The normalized spacial score (nSPS) is 9.57. The van der Waals surface area contributed by atoms with E-state index in [4.69, 9.17) is 5.26 Å². The molecule has 0 bridgehead atoms. The fourth-order valence-electron chi connectivity index (χ4n) is 1.91. The largest absolute Gasteiger partial charge is 0.299 e. The monoisotopic (exact) mass is 308 g/mol. The Morgan fingerprint density at radius 3 is 1.62 bits per heavy atom. The zero-order valence-corrected chi connectivity index (χ0v) is 15.4. The first kappa shape index (κ1) is 22.3. The van der Waals surface area contributed by atoms with Gasteiger partial charge < -0.3 is 0 Å². The molecule has 0 saturated heterocycles. The van der Waals surface area contributed by atoms with Crippen molar-refractivity contribution in [2.75, 3.05) is 6.54 Å². The second kappa shape index (κ2) is 15.4. The Morgan fingerprint density at radius 1 is 1.05 bits per heavy atom. The lowest BCUT2D eigenvalue weighted by molar-refractivity contribution is 0.185. The van der Waals surface area contributed by atoms with Gasteiger partial charge in [-0.05, 0) is 39.8 Å². The molecule has 0 spiro atoms. The number of nitriles is 1. The quantitative estimate of drug-likeness (QED) is 0.778. The highest BCUT2D eigenvalue weighted by molar-refractivity contribution is 7.79. The van der Waals surface area contributed by atoms with Crippen LogP contribution in [0.1, 0.15) is 53.5 Å². The fourth-order valence-corrected chi connectivity index (χ4v) is 2.12. The molecule has 0 heterocycles. The van der Waals surface area contributed by atoms with E-state index in [1.807, 2.05) is 31.2 Å². The highest BCUT2D eigenvalue weighted by Crippen LogP contribution is 2.02. The van der Waals surface area contributed by atoms with Gasteiger partial charge in [0.2, 0.25) is 0 Å². The fraction of sp³-hybridized carbons (Fsp3) is 0.611. The van der Waals surface area contributed by atoms with Gasteiger partial charge in [-0.15, -0.1) is 0 Å². The third-order valence-corrected chi connectivity index (χ3v) is 3.24. The first-order valence-electron chi connectivity index (χ1n) is 7.71. The van der Waals surface area contributed by atoms with Crippen molar-refractivity contribution >= 4 is 12.6 Å². The molecule has 0 aliphatic carbocycles. The molecule has 0 unspecified atom stereocenters. The summed E-state index contributed by atoms with van der Waals surface area (Å²) >= 11 is 4.11. The van der Waals surface area contributed by atoms with Gasteiger partial charge in [-0.3, -0.25) is 4.90 Å². The van der Waals surface area contributed by atoms with Crippen LogP contribution in [0.3, 0.4) is 0 Å². The molecule has 0 amide bonds. The molecule has 0 aliphatic heterocycles. The molecule has 1 rings (SSSR count). The van der Waals surface area contributed by atoms with E-state index >= 15 is 0 Å². The van der Waals surface area contributed by atoms with Gasteiger partial charge in [-0.2, -0.15) is 17.9 Å². The van der Waals surface area contributed by atoms with E-state index in [0.717, 1.165) is 12.3 Å². The Labute approximate surface area is 137 Å². The summed E-state index contributed by atoms with van der Waals surface area (Å²) in [6.45, 7) is 14.1. The Bertz CT molecular complexity index is 347. The number of hydrogen-bond donors (Lipinski definition) is 1. The smallest absolute Gasteiger partial charge is 0.0618 e. The van der Waals surface area contributed by atoms with E-state index in [-0.39, 0.29) is 0 Å². The number of rotatable bonds is 4. The molecule has 0 atom stereocenters. The van der Waals surface area contributed by atoms with E-state index < -0.39 is 0 Å². The molecule has 0 aliphatic rings. The van der Waals surface area contributed by atoms with Gasteiger partial charge in [-0.1, -0.05) is 44.2 Å². The van der Waals surface area contributed by atoms with Gasteiger partial charge in [0, 0.05) is 24.3 Å². The van der Waals surface area contributed by atoms with Crippen LogP contribution in [-0.2, 0) is 5.75 Å². The summed E-state index contributed by atoms with van der Waals surface area (Å²) in [4.78, 5) is 2.46. The second-order valence-electron chi connectivity index (χ2n) is 5.17. The molecule has 120 valence electrons. The lowest BCUT2D eigenvalue weighted by Gasteiger charge is -2.28. The molecule has 0 N–H and O–H groups in total. The summed E-state index contributed by atoms with van der Waals surface area (Å²) < 4.78 is 0. The number of benzene rings is 1. The average molecular weight is 309 g/mol.